The lowest BCUT2D eigenvalue weighted by Gasteiger charge is -2.11. The van der Waals surface area contributed by atoms with Gasteiger partial charge in [0.25, 0.3) is 0 Å². The van der Waals surface area contributed by atoms with Crippen LogP contribution in [0.5, 0.6) is 0 Å². The van der Waals surface area contributed by atoms with Gasteiger partial charge in [-0.15, -0.1) is 0 Å². The summed E-state index contributed by atoms with van der Waals surface area (Å²) in [6, 6.07) is 7.03. The zero-order valence-electron chi connectivity index (χ0n) is 10.1. The fourth-order valence-corrected chi connectivity index (χ4v) is 2.33. The summed E-state index contributed by atoms with van der Waals surface area (Å²) >= 11 is 0. The quantitative estimate of drug-likeness (QED) is 0.778. The van der Waals surface area contributed by atoms with Crippen LogP contribution in [0.25, 0.3) is 0 Å². The molecule has 0 heterocycles. The van der Waals surface area contributed by atoms with Gasteiger partial charge in [-0.3, -0.25) is 0 Å². The zero-order valence-corrected chi connectivity index (χ0v) is 10.9. The highest BCUT2D eigenvalue weighted by molar-refractivity contribution is 7.90. The van der Waals surface area contributed by atoms with Crippen LogP contribution in [0.15, 0.2) is 29.2 Å². The first-order chi connectivity index (χ1) is 7.97. The molecular formula is C12H20N2O2S. The summed E-state index contributed by atoms with van der Waals surface area (Å²) in [5.41, 5.74) is 12.2. The minimum Gasteiger partial charge on any atom is -0.330 e. The molecule has 17 heavy (non-hydrogen) atoms. The van der Waals surface area contributed by atoms with Crippen molar-refractivity contribution < 1.29 is 8.42 Å². The molecule has 1 rings (SSSR count). The molecule has 4 nitrogen and oxygen atoms in total. The van der Waals surface area contributed by atoms with Crippen molar-refractivity contribution in [2.24, 2.45) is 17.4 Å². The Bertz CT molecular complexity index is 453. The molecule has 0 saturated heterocycles. The first kappa shape index (κ1) is 14.2. The molecule has 0 fully saturated rings. The van der Waals surface area contributed by atoms with Gasteiger partial charge < -0.3 is 11.5 Å². The van der Waals surface area contributed by atoms with E-state index in [2.05, 4.69) is 0 Å². The lowest BCUT2D eigenvalue weighted by atomic mass is 10.00. The van der Waals surface area contributed by atoms with Crippen molar-refractivity contribution in [2.75, 3.05) is 19.3 Å². The standard InChI is InChI=1S/C12H20N2O2S/c1-17(15,16)12-4-2-3-10(7-12)5-6-11(8-13)9-14/h2-4,7,11H,5-6,8-9,13-14H2,1H3. The second kappa shape index (κ2) is 6.14. The Morgan fingerprint density at radius 3 is 2.41 bits per heavy atom. The molecule has 0 aliphatic carbocycles. The molecule has 4 N–H and O–H groups in total. The summed E-state index contributed by atoms with van der Waals surface area (Å²) in [7, 11) is -3.12. The Labute approximate surface area is 103 Å². The van der Waals surface area contributed by atoms with E-state index in [4.69, 9.17) is 11.5 Å². The summed E-state index contributed by atoms with van der Waals surface area (Å²) in [6.45, 7) is 1.14. The number of nitrogens with two attached hydrogens (primary N) is 2. The third-order valence-electron chi connectivity index (χ3n) is 2.83. The van der Waals surface area contributed by atoms with Crippen LogP contribution in [-0.4, -0.2) is 27.8 Å². The van der Waals surface area contributed by atoms with E-state index in [0.717, 1.165) is 18.4 Å². The second-order valence-corrected chi connectivity index (χ2v) is 6.31. The maximum Gasteiger partial charge on any atom is 0.175 e. The molecule has 0 radical (unpaired) electrons. The van der Waals surface area contributed by atoms with Gasteiger partial charge >= 0.3 is 0 Å². The molecule has 1 aromatic carbocycles. The Morgan fingerprint density at radius 1 is 1.24 bits per heavy atom. The number of aryl methyl sites for hydroxylation is 1. The molecule has 5 heteroatoms. The zero-order chi connectivity index (χ0) is 12.9. The summed E-state index contributed by atoms with van der Waals surface area (Å²) in [6.07, 6.45) is 2.91. The second-order valence-electron chi connectivity index (χ2n) is 4.30. The van der Waals surface area contributed by atoms with Gasteiger partial charge in [-0.1, -0.05) is 12.1 Å². The molecule has 0 spiro atoms. The van der Waals surface area contributed by atoms with Crippen molar-refractivity contribution in [3.63, 3.8) is 0 Å². The predicted molar refractivity (Wildman–Crippen MR) is 69.5 cm³/mol. The number of benzene rings is 1. The molecule has 0 aliphatic heterocycles. The highest BCUT2D eigenvalue weighted by Crippen LogP contribution is 2.14. The van der Waals surface area contributed by atoms with E-state index in [9.17, 15) is 8.42 Å². The molecule has 96 valence electrons. The van der Waals surface area contributed by atoms with Crippen molar-refractivity contribution in [1.82, 2.24) is 0 Å². The molecule has 0 bridgehead atoms. The Balaban J connectivity index is 2.73. The van der Waals surface area contributed by atoms with E-state index in [0.29, 0.717) is 23.9 Å². The van der Waals surface area contributed by atoms with Crippen LogP contribution < -0.4 is 11.5 Å². The average molecular weight is 256 g/mol. The third-order valence-corrected chi connectivity index (χ3v) is 3.94. The van der Waals surface area contributed by atoms with Crippen molar-refractivity contribution in [3.05, 3.63) is 29.8 Å². The molecule has 0 aromatic heterocycles. The molecule has 1 aromatic rings. The van der Waals surface area contributed by atoms with E-state index < -0.39 is 9.84 Å². The van der Waals surface area contributed by atoms with Crippen molar-refractivity contribution >= 4 is 9.84 Å². The van der Waals surface area contributed by atoms with E-state index in [-0.39, 0.29) is 0 Å². The molecule has 0 aliphatic rings. The Hall–Kier alpha value is -0.910. The highest BCUT2D eigenvalue weighted by atomic mass is 32.2. The summed E-state index contributed by atoms with van der Waals surface area (Å²) < 4.78 is 22.8. The van der Waals surface area contributed by atoms with Crippen LogP contribution in [0.3, 0.4) is 0 Å². The van der Waals surface area contributed by atoms with Gasteiger partial charge in [0.15, 0.2) is 9.84 Å². The van der Waals surface area contributed by atoms with E-state index in [1.54, 1.807) is 18.2 Å². The van der Waals surface area contributed by atoms with Crippen molar-refractivity contribution in [3.8, 4) is 0 Å². The molecule has 0 amide bonds. The van der Waals surface area contributed by atoms with Gasteiger partial charge in [0, 0.05) is 6.26 Å². The van der Waals surface area contributed by atoms with Crippen LogP contribution in [0.4, 0.5) is 0 Å². The van der Waals surface area contributed by atoms with Crippen LogP contribution in [0.2, 0.25) is 0 Å². The Kier molecular flexibility index (Phi) is 5.11. The summed E-state index contributed by atoms with van der Waals surface area (Å²) in [4.78, 5) is 0.368. The van der Waals surface area contributed by atoms with Crippen LogP contribution >= 0.6 is 0 Å². The summed E-state index contributed by atoms with van der Waals surface area (Å²) in [5.74, 6) is 0.303. The molecule has 0 saturated carbocycles. The Morgan fingerprint density at radius 2 is 1.88 bits per heavy atom. The van der Waals surface area contributed by atoms with Crippen molar-refractivity contribution in [2.45, 2.75) is 17.7 Å². The number of sulfone groups is 1. The van der Waals surface area contributed by atoms with Gasteiger partial charge in [-0.05, 0) is 49.5 Å². The minimum absolute atomic E-state index is 0.303. The van der Waals surface area contributed by atoms with Crippen molar-refractivity contribution in [1.29, 1.82) is 0 Å². The highest BCUT2D eigenvalue weighted by Gasteiger charge is 2.09. The first-order valence-electron chi connectivity index (χ1n) is 5.66. The van der Waals surface area contributed by atoms with Gasteiger partial charge in [-0.2, -0.15) is 0 Å². The third kappa shape index (κ3) is 4.46. The average Bonchev–Trinajstić information content (AvgIpc) is 2.30. The van der Waals surface area contributed by atoms with E-state index >= 15 is 0 Å². The summed E-state index contributed by atoms with van der Waals surface area (Å²) in [5, 5.41) is 0. The first-order valence-corrected chi connectivity index (χ1v) is 7.55. The fourth-order valence-electron chi connectivity index (χ4n) is 1.63. The maximum absolute atomic E-state index is 11.4. The molecular weight excluding hydrogens is 236 g/mol. The number of hydrogen-bond donors (Lipinski definition) is 2. The van der Waals surface area contributed by atoms with E-state index in [1.807, 2.05) is 6.07 Å². The van der Waals surface area contributed by atoms with Gasteiger partial charge in [0.2, 0.25) is 0 Å². The fraction of sp³-hybridized carbons (Fsp3) is 0.500. The predicted octanol–water partition coefficient (Wildman–Crippen LogP) is 0.556. The van der Waals surface area contributed by atoms with Crippen LogP contribution in [-0.2, 0) is 16.3 Å². The SMILES string of the molecule is CS(=O)(=O)c1cccc(CCC(CN)CN)c1. The van der Waals surface area contributed by atoms with Crippen LogP contribution in [0, 0.1) is 5.92 Å². The topological polar surface area (TPSA) is 86.2 Å². The molecule has 0 atom stereocenters. The van der Waals surface area contributed by atoms with Crippen LogP contribution in [0.1, 0.15) is 12.0 Å². The van der Waals surface area contributed by atoms with E-state index in [1.165, 1.54) is 6.26 Å². The minimum atomic E-state index is -3.12. The van der Waals surface area contributed by atoms with Gasteiger partial charge in [-0.25, -0.2) is 8.42 Å². The normalized spacial score (nSPS) is 12.0. The van der Waals surface area contributed by atoms with Gasteiger partial charge in [0.05, 0.1) is 4.90 Å². The number of rotatable bonds is 6. The lowest BCUT2D eigenvalue weighted by Crippen LogP contribution is -2.23. The smallest absolute Gasteiger partial charge is 0.175 e. The maximum atomic E-state index is 11.4. The molecule has 0 unspecified atom stereocenters. The number of hydrogen-bond acceptors (Lipinski definition) is 4. The van der Waals surface area contributed by atoms with Gasteiger partial charge in [0.1, 0.15) is 0 Å². The monoisotopic (exact) mass is 256 g/mol. The lowest BCUT2D eigenvalue weighted by molar-refractivity contribution is 0.507. The largest absolute Gasteiger partial charge is 0.330 e.